The molecule has 10 rings (SSSR count). The number of methoxy groups -OCH3 is 1. The summed E-state index contributed by atoms with van der Waals surface area (Å²) >= 11 is 1.23. The smallest absolute Gasteiger partial charge is 0.329 e. The molecular weight excluding hydrogens is 981 g/mol. The molecule has 4 heterocycles. The number of aliphatic hydroxyl groups is 1. The lowest BCUT2D eigenvalue weighted by Crippen LogP contribution is -2.57. The van der Waals surface area contributed by atoms with Gasteiger partial charge in [0.1, 0.15) is 36.0 Å². The summed E-state index contributed by atoms with van der Waals surface area (Å²) < 4.78 is 18.9. The number of amides is 4. The highest BCUT2D eigenvalue weighted by Crippen LogP contribution is 2.67. The number of hydrogen-bond donors (Lipinski definition) is 3. The van der Waals surface area contributed by atoms with Gasteiger partial charge in [-0.1, -0.05) is 158 Å². The van der Waals surface area contributed by atoms with Crippen LogP contribution in [0.25, 0.3) is 10.2 Å². The Labute approximate surface area is 444 Å². The molecule has 0 aliphatic carbocycles. The summed E-state index contributed by atoms with van der Waals surface area (Å²) in [7, 11) is 3.18. The van der Waals surface area contributed by atoms with Crippen molar-refractivity contribution in [1.29, 1.82) is 0 Å². The number of fused-ring (bicyclic) bond motifs is 4. The minimum Gasteiger partial charge on any atom is -0.491 e. The van der Waals surface area contributed by atoms with E-state index in [1.54, 1.807) is 56.3 Å². The monoisotopic (exact) mass is 1040 g/mol. The number of para-hydroxylation sites is 2. The van der Waals surface area contributed by atoms with Gasteiger partial charge in [0.15, 0.2) is 5.13 Å². The predicted octanol–water partition coefficient (Wildman–Crippen LogP) is 8.36. The molecule has 3 aliphatic rings. The van der Waals surface area contributed by atoms with Gasteiger partial charge < -0.3 is 30.0 Å². The van der Waals surface area contributed by atoms with Gasteiger partial charge >= 0.3 is 18.0 Å². The second kappa shape index (κ2) is 21.9. The van der Waals surface area contributed by atoms with Gasteiger partial charge in [-0.2, -0.15) is 0 Å². The van der Waals surface area contributed by atoms with Crippen LogP contribution >= 0.6 is 11.3 Å². The van der Waals surface area contributed by atoms with Crippen molar-refractivity contribution in [3.8, 4) is 17.6 Å². The van der Waals surface area contributed by atoms with Crippen LogP contribution in [0.4, 0.5) is 15.6 Å². The summed E-state index contributed by atoms with van der Waals surface area (Å²) in [5.41, 5.74) is 2.04. The molecule has 7 atom stereocenters. The number of urea groups is 1. The van der Waals surface area contributed by atoms with E-state index in [9.17, 15) is 9.90 Å². The second-order valence-electron chi connectivity index (χ2n) is 19.4. The molecule has 15 nitrogen and oxygen atoms in total. The van der Waals surface area contributed by atoms with E-state index >= 15 is 19.2 Å². The number of aliphatic hydroxyl groups excluding tert-OH is 1. The molecule has 386 valence electrons. The first-order valence-electron chi connectivity index (χ1n) is 25.1. The Bertz CT molecular complexity index is 3330. The van der Waals surface area contributed by atoms with Crippen LogP contribution in [0.3, 0.4) is 0 Å². The van der Waals surface area contributed by atoms with Crippen molar-refractivity contribution in [2.24, 2.45) is 11.8 Å². The first kappa shape index (κ1) is 51.3. The van der Waals surface area contributed by atoms with Crippen LogP contribution in [0.5, 0.6) is 5.75 Å². The number of esters is 2. The van der Waals surface area contributed by atoms with Crippen molar-refractivity contribution < 1.29 is 43.3 Å². The summed E-state index contributed by atoms with van der Waals surface area (Å²) in [5, 5.41) is 16.3. The molecule has 0 saturated carbocycles. The second-order valence-corrected chi connectivity index (χ2v) is 20.4. The van der Waals surface area contributed by atoms with E-state index in [0.29, 0.717) is 40.9 Å². The summed E-state index contributed by atoms with van der Waals surface area (Å²) in [4.78, 5) is 87.1. The molecular formula is C60H56N6O9S. The number of rotatable bonds is 14. The first-order chi connectivity index (χ1) is 36.9. The summed E-state index contributed by atoms with van der Waals surface area (Å²) in [6.45, 7) is 3.98. The molecule has 0 bridgehead atoms. The first-order valence-corrected chi connectivity index (χ1v) is 25.9. The molecule has 76 heavy (non-hydrogen) atoms. The number of cyclic esters (lactones) is 1. The molecule has 1 spiro atoms. The number of carbonyl (C=O) groups excluding carboxylic acids is 5. The van der Waals surface area contributed by atoms with Crippen molar-refractivity contribution in [3.63, 3.8) is 0 Å². The van der Waals surface area contributed by atoms with Gasteiger partial charge in [-0.25, -0.2) is 19.5 Å². The van der Waals surface area contributed by atoms with Gasteiger partial charge in [0.2, 0.25) is 11.8 Å². The normalized spacial score (nSPS) is 21.1. The van der Waals surface area contributed by atoms with Crippen LogP contribution in [0.2, 0.25) is 0 Å². The van der Waals surface area contributed by atoms with Crippen LogP contribution in [0, 0.1) is 23.7 Å². The van der Waals surface area contributed by atoms with Crippen molar-refractivity contribution in [1.82, 2.24) is 20.1 Å². The standard InChI is InChI=1S/C60H56N6O9S/c1-37(2)49(55(69)73-4)62-59(72)65-45-31-30-38(21-18-32-64(3)36-39-19-8-5-9-20-39)35-43(45)60(57(65)71)48(54(68)63-58-61-44-27-15-17-29-47(44)76-58)51-56(70)75-52(41-24-12-7-13-25-41)50(40-22-10-6-11-23-40)66(51)53(60)42-26-14-16-28-46(42)74-34-33-67/h5-17,19-20,22-31,35,37,48-53,67H,32-34,36H2,1-4H3,(H,62,72)(H,61,63,68)/t48-,49+,50-,51-,52+,53+,60-/m1/s1. The maximum atomic E-state index is 16.9. The van der Waals surface area contributed by atoms with Gasteiger partial charge in [0, 0.05) is 17.7 Å². The lowest BCUT2D eigenvalue weighted by Gasteiger charge is -2.46. The summed E-state index contributed by atoms with van der Waals surface area (Å²) in [5.74, 6) is 1.57. The predicted molar refractivity (Wildman–Crippen MR) is 288 cm³/mol. The molecule has 16 heteroatoms. The summed E-state index contributed by atoms with van der Waals surface area (Å²) in [6, 6.07) is 42.3. The Kier molecular flexibility index (Phi) is 14.8. The molecule has 7 aromatic rings. The van der Waals surface area contributed by atoms with E-state index in [0.717, 1.165) is 15.2 Å². The number of aromatic nitrogens is 1. The molecule has 0 radical (unpaired) electrons. The molecule has 0 unspecified atom stereocenters. The number of morpholine rings is 1. The topological polar surface area (TPSA) is 180 Å². The van der Waals surface area contributed by atoms with Gasteiger partial charge in [-0.3, -0.25) is 24.2 Å². The number of nitrogens with zero attached hydrogens (tertiary/aromatic N) is 4. The van der Waals surface area contributed by atoms with E-state index in [-0.39, 0.29) is 35.3 Å². The number of ether oxygens (including phenoxy) is 3. The molecule has 6 aromatic carbocycles. The quantitative estimate of drug-likeness (QED) is 0.0701. The minimum absolute atomic E-state index is 0.0993. The van der Waals surface area contributed by atoms with Gasteiger partial charge in [-0.05, 0) is 71.6 Å². The SMILES string of the molecule is COC(=O)[C@@H](NC(=O)N1C(=O)[C@@]2(c3cc(C#CCN(C)Cc4ccccc4)ccc31)[C@H](c1ccccc1OCCO)N1[C@H](c3ccccc3)[C@H](c3ccccc3)OC(=O)[C@H]1[C@@H]2C(=O)Nc1nc2ccccc2s1)C(C)C. The zero-order chi connectivity index (χ0) is 53.1. The van der Waals surface area contributed by atoms with Crippen LogP contribution < -0.4 is 20.3 Å². The Morgan fingerprint density at radius 1 is 0.855 bits per heavy atom. The number of anilines is 2. The number of benzene rings is 6. The lowest BCUT2D eigenvalue weighted by molar-refractivity contribution is -0.178. The number of imide groups is 1. The highest BCUT2D eigenvalue weighted by Gasteiger charge is 2.76. The third-order valence-corrected chi connectivity index (χ3v) is 15.3. The zero-order valence-electron chi connectivity index (χ0n) is 42.3. The largest absolute Gasteiger partial charge is 0.491 e. The molecule has 2 saturated heterocycles. The Hall–Kier alpha value is -8.20. The lowest BCUT2D eigenvalue weighted by atomic mass is 9.65. The maximum absolute atomic E-state index is 16.9. The van der Waals surface area contributed by atoms with Gasteiger partial charge in [-0.15, -0.1) is 0 Å². The third-order valence-electron chi connectivity index (χ3n) is 14.3. The van der Waals surface area contributed by atoms with Crippen molar-refractivity contribution >= 4 is 62.2 Å². The van der Waals surface area contributed by atoms with Crippen LogP contribution in [-0.2, 0) is 40.6 Å². The molecule has 2 fully saturated rings. The van der Waals surface area contributed by atoms with Crippen LogP contribution in [0.15, 0.2) is 158 Å². The Balaban J connectivity index is 1.25. The van der Waals surface area contributed by atoms with E-state index < -0.39 is 77.3 Å². The minimum atomic E-state index is -2.20. The van der Waals surface area contributed by atoms with E-state index in [2.05, 4.69) is 27.4 Å². The van der Waals surface area contributed by atoms with Crippen LogP contribution in [-0.4, -0.2) is 95.7 Å². The average Bonchev–Trinajstić information content (AvgIpc) is 4.20. The highest BCUT2D eigenvalue weighted by molar-refractivity contribution is 7.22. The number of thiazole rings is 1. The third kappa shape index (κ3) is 9.47. The number of hydrogen-bond acceptors (Lipinski definition) is 13. The Morgan fingerprint density at radius 2 is 1.53 bits per heavy atom. The number of carbonyl (C=O) groups is 5. The molecule has 3 aliphatic heterocycles. The average molecular weight is 1040 g/mol. The molecule has 1 aromatic heterocycles. The fourth-order valence-corrected chi connectivity index (χ4v) is 12.0. The number of nitrogens with one attached hydrogen (secondary N) is 2. The Morgan fingerprint density at radius 3 is 2.22 bits per heavy atom. The van der Waals surface area contributed by atoms with Crippen molar-refractivity contribution in [3.05, 3.63) is 191 Å². The molecule has 4 amide bonds. The van der Waals surface area contributed by atoms with E-state index in [1.807, 2.05) is 127 Å². The van der Waals surface area contributed by atoms with Crippen molar-refractivity contribution in [2.75, 3.05) is 44.1 Å². The van der Waals surface area contributed by atoms with Gasteiger partial charge in [0.25, 0.3) is 0 Å². The summed E-state index contributed by atoms with van der Waals surface area (Å²) in [6.07, 6.45) is -0.990. The highest BCUT2D eigenvalue weighted by atomic mass is 32.1. The zero-order valence-corrected chi connectivity index (χ0v) is 43.1. The van der Waals surface area contributed by atoms with Gasteiger partial charge in [0.05, 0.1) is 54.2 Å². The maximum Gasteiger partial charge on any atom is 0.329 e. The van der Waals surface area contributed by atoms with Crippen molar-refractivity contribution in [2.45, 2.75) is 56.1 Å². The molecule has 3 N–H and O–H groups in total. The van der Waals surface area contributed by atoms with E-state index in [4.69, 9.17) is 19.2 Å². The fraction of sp³-hybridized carbons (Fsp3) is 0.267. The van der Waals surface area contributed by atoms with E-state index in [1.165, 1.54) is 18.4 Å². The van der Waals surface area contributed by atoms with Crippen LogP contribution in [0.1, 0.15) is 65.4 Å². The fourth-order valence-electron chi connectivity index (χ4n) is 11.1.